The van der Waals surface area contributed by atoms with E-state index in [9.17, 15) is 9.59 Å². The molecule has 2 N–H and O–H groups in total. The predicted molar refractivity (Wildman–Crippen MR) is 74.7 cm³/mol. The van der Waals surface area contributed by atoms with Crippen LogP contribution in [0.1, 0.15) is 18.9 Å². The molecule has 0 radical (unpaired) electrons. The number of fused-ring (bicyclic) bond motifs is 1. The third-order valence-electron chi connectivity index (χ3n) is 3.72. The number of nitrogens with two attached hydrogens (primary N) is 1. The van der Waals surface area contributed by atoms with Crippen molar-refractivity contribution in [1.29, 1.82) is 0 Å². The second kappa shape index (κ2) is 4.75. The van der Waals surface area contributed by atoms with E-state index in [0.717, 1.165) is 17.5 Å². The van der Waals surface area contributed by atoms with Crippen LogP contribution in [0.2, 0.25) is 0 Å². The van der Waals surface area contributed by atoms with Gasteiger partial charge in [0.2, 0.25) is 0 Å². The van der Waals surface area contributed by atoms with Gasteiger partial charge in [0.25, 0.3) is 11.1 Å². The summed E-state index contributed by atoms with van der Waals surface area (Å²) in [6.45, 7) is 1.28. The first-order chi connectivity index (χ1) is 9.58. The molecule has 0 bridgehead atoms. The molecule has 20 heavy (non-hydrogen) atoms. The van der Waals surface area contributed by atoms with Gasteiger partial charge in [0.05, 0.1) is 5.39 Å². The molecule has 1 saturated heterocycles. The van der Waals surface area contributed by atoms with Crippen LogP contribution < -0.4 is 16.9 Å². The highest BCUT2D eigenvalue weighted by molar-refractivity contribution is 5.89. The van der Waals surface area contributed by atoms with Gasteiger partial charge in [-0.1, -0.05) is 0 Å². The highest BCUT2D eigenvalue weighted by Crippen LogP contribution is 2.21. The molecule has 2 aromatic rings. The summed E-state index contributed by atoms with van der Waals surface area (Å²) in [5.74, 6) is 0.253. The summed E-state index contributed by atoms with van der Waals surface area (Å²) in [6, 6.07) is 1.44. The van der Waals surface area contributed by atoms with E-state index in [-0.39, 0.29) is 23.0 Å². The van der Waals surface area contributed by atoms with Crippen LogP contribution in [-0.2, 0) is 11.8 Å². The molecule has 3 rings (SSSR count). The van der Waals surface area contributed by atoms with E-state index >= 15 is 0 Å². The van der Waals surface area contributed by atoms with Crippen molar-refractivity contribution in [2.45, 2.75) is 18.9 Å². The summed E-state index contributed by atoms with van der Waals surface area (Å²) >= 11 is 0. The van der Waals surface area contributed by atoms with E-state index in [1.54, 1.807) is 10.8 Å². The second-order valence-corrected chi connectivity index (χ2v) is 5.00. The topological polar surface area (TPSA) is 92.1 Å². The number of anilines is 1. The summed E-state index contributed by atoms with van der Waals surface area (Å²) in [7, 11) is 1.52. The van der Waals surface area contributed by atoms with Crippen LogP contribution in [0.25, 0.3) is 10.8 Å². The molecule has 1 fully saturated rings. The molecular formula is C13H16N4O3. The van der Waals surface area contributed by atoms with Gasteiger partial charge in [0, 0.05) is 44.0 Å². The lowest BCUT2D eigenvalue weighted by Crippen LogP contribution is -2.30. The molecule has 7 heteroatoms. The Bertz CT molecular complexity index is 772. The number of pyridine rings is 1. The van der Waals surface area contributed by atoms with Crippen molar-refractivity contribution < 1.29 is 4.74 Å². The summed E-state index contributed by atoms with van der Waals surface area (Å²) in [4.78, 5) is 24.2. The van der Waals surface area contributed by atoms with Crippen molar-refractivity contribution in [2.75, 3.05) is 18.9 Å². The fourth-order valence-electron chi connectivity index (χ4n) is 2.61. The Hall–Kier alpha value is -2.15. The molecule has 0 saturated carbocycles. The number of hydrogen-bond acceptors (Lipinski definition) is 5. The summed E-state index contributed by atoms with van der Waals surface area (Å²) in [5.41, 5.74) is 5.36. The van der Waals surface area contributed by atoms with Crippen LogP contribution in [0.4, 0.5) is 5.82 Å². The molecule has 1 aliphatic heterocycles. The number of aryl methyl sites for hydroxylation is 1. The smallest absolute Gasteiger partial charge is 0.274 e. The highest BCUT2D eigenvalue weighted by Gasteiger charge is 2.18. The molecule has 0 aliphatic carbocycles. The van der Waals surface area contributed by atoms with E-state index in [2.05, 4.69) is 5.10 Å². The minimum absolute atomic E-state index is 0.0871. The quantitative estimate of drug-likeness (QED) is 0.793. The van der Waals surface area contributed by atoms with Crippen molar-refractivity contribution in [1.82, 2.24) is 14.3 Å². The number of aromatic nitrogens is 3. The van der Waals surface area contributed by atoms with Gasteiger partial charge < -0.3 is 15.0 Å². The molecule has 106 valence electrons. The lowest BCUT2D eigenvalue weighted by atomic mass is 10.1. The normalized spacial score (nSPS) is 16.6. The Labute approximate surface area is 114 Å². The van der Waals surface area contributed by atoms with Crippen LogP contribution >= 0.6 is 0 Å². The van der Waals surface area contributed by atoms with Crippen LogP contribution in [-0.4, -0.2) is 27.6 Å². The molecule has 7 nitrogen and oxygen atoms in total. The molecule has 0 unspecified atom stereocenters. The lowest BCUT2D eigenvalue weighted by Gasteiger charge is -2.24. The van der Waals surface area contributed by atoms with Crippen LogP contribution in [0, 0.1) is 0 Å². The molecule has 0 spiro atoms. The molecule has 3 heterocycles. The Kier molecular flexibility index (Phi) is 3.06. The summed E-state index contributed by atoms with van der Waals surface area (Å²) in [6.07, 6.45) is 3.21. The van der Waals surface area contributed by atoms with Crippen LogP contribution in [0.15, 0.2) is 21.9 Å². The highest BCUT2D eigenvalue weighted by atomic mass is 16.5. The molecule has 0 atom stereocenters. The van der Waals surface area contributed by atoms with Crippen LogP contribution in [0.5, 0.6) is 0 Å². The standard InChI is InChI=1S/C13H16N4O3/c1-16-13(19)9-6-11(18)17(7-10(9)12(14)15-16)8-2-4-20-5-3-8/h6-8H,2-5H2,1H3,(H2,14,15). The molecule has 0 aromatic carbocycles. The third kappa shape index (κ3) is 2.00. The maximum Gasteiger partial charge on any atom is 0.274 e. The zero-order valence-corrected chi connectivity index (χ0v) is 11.2. The van der Waals surface area contributed by atoms with Crippen molar-refractivity contribution >= 4 is 16.6 Å². The number of nitrogen functional groups attached to an aromatic ring is 1. The largest absolute Gasteiger partial charge is 0.382 e. The Morgan fingerprint density at radius 1 is 1.30 bits per heavy atom. The predicted octanol–water partition coefficient (Wildman–Crippen LogP) is 0.0289. The Morgan fingerprint density at radius 2 is 2.00 bits per heavy atom. The average molecular weight is 276 g/mol. The maximum absolute atomic E-state index is 12.2. The van der Waals surface area contributed by atoms with E-state index in [0.29, 0.717) is 24.0 Å². The minimum Gasteiger partial charge on any atom is -0.382 e. The fraction of sp³-hybridized carbons (Fsp3) is 0.462. The van der Waals surface area contributed by atoms with Gasteiger partial charge in [-0.25, -0.2) is 4.68 Å². The van der Waals surface area contributed by atoms with Gasteiger partial charge in [-0.05, 0) is 12.8 Å². The number of hydrogen-bond donors (Lipinski definition) is 1. The molecule has 0 amide bonds. The van der Waals surface area contributed by atoms with Gasteiger partial charge >= 0.3 is 0 Å². The maximum atomic E-state index is 12.2. The van der Waals surface area contributed by atoms with Gasteiger partial charge in [-0.15, -0.1) is 0 Å². The van der Waals surface area contributed by atoms with Gasteiger partial charge in [0.1, 0.15) is 0 Å². The van der Waals surface area contributed by atoms with Gasteiger partial charge in [0.15, 0.2) is 5.82 Å². The third-order valence-corrected chi connectivity index (χ3v) is 3.72. The van der Waals surface area contributed by atoms with Gasteiger partial charge in [-0.2, -0.15) is 5.10 Å². The summed E-state index contributed by atoms with van der Waals surface area (Å²) < 4.78 is 8.09. The molecular weight excluding hydrogens is 260 g/mol. The SMILES string of the molecule is Cn1nc(N)c2cn(C3CCOCC3)c(=O)cc2c1=O. The molecule has 1 aliphatic rings. The Morgan fingerprint density at radius 3 is 2.70 bits per heavy atom. The zero-order chi connectivity index (χ0) is 14.3. The van der Waals surface area contributed by atoms with Crippen molar-refractivity contribution in [2.24, 2.45) is 7.05 Å². The number of nitrogens with zero attached hydrogens (tertiary/aromatic N) is 3. The monoisotopic (exact) mass is 276 g/mol. The number of ether oxygens (including phenoxy) is 1. The van der Waals surface area contributed by atoms with E-state index in [1.807, 2.05) is 0 Å². The van der Waals surface area contributed by atoms with Crippen molar-refractivity contribution in [3.05, 3.63) is 33.0 Å². The van der Waals surface area contributed by atoms with E-state index < -0.39 is 0 Å². The zero-order valence-electron chi connectivity index (χ0n) is 11.2. The van der Waals surface area contributed by atoms with Crippen molar-refractivity contribution in [3.8, 4) is 0 Å². The first-order valence-electron chi connectivity index (χ1n) is 6.54. The van der Waals surface area contributed by atoms with Crippen molar-refractivity contribution in [3.63, 3.8) is 0 Å². The van der Waals surface area contributed by atoms with Gasteiger partial charge in [-0.3, -0.25) is 9.59 Å². The van der Waals surface area contributed by atoms with E-state index in [4.69, 9.17) is 10.5 Å². The first-order valence-corrected chi connectivity index (χ1v) is 6.54. The lowest BCUT2D eigenvalue weighted by molar-refractivity contribution is 0.0688. The number of rotatable bonds is 1. The minimum atomic E-state index is -0.314. The fourth-order valence-corrected chi connectivity index (χ4v) is 2.61. The molecule has 2 aromatic heterocycles. The Balaban J connectivity index is 2.23. The van der Waals surface area contributed by atoms with Crippen LogP contribution in [0.3, 0.4) is 0 Å². The average Bonchev–Trinajstić information content (AvgIpc) is 2.45. The van der Waals surface area contributed by atoms with E-state index in [1.165, 1.54) is 13.1 Å². The summed E-state index contributed by atoms with van der Waals surface area (Å²) in [5, 5.41) is 4.80. The second-order valence-electron chi connectivity index (χ2n) is 5.00. The first kappa shape index (κ1) is 12.9.